The maximum atomic E-state index is 11.5. The minimum absolute atomic E-state index is 0.0275. The number of hydrogen-bond donors (Lipinski definition) is 2. The Morgan fingerprint density at radius 2 is 2.28 bits per heavy atom. The molecular formula is C10H7N3O5. The molecule has 92 valence electrons. The normalized spacial score (nSPS) is 10.4. The van der Waals surface area contributed by atoms with Gasteiger partial charge in [0.05, 0.1) is 22.2 Å². The highest BCUT2D eigenvalue weighted by molar-refractivity contribution is 5.88. The van der Waals surface area contributed by atoms with Crippen molar-refractivity contribution < 1.29 is 14.8 Å². The van der Waals surface area contributed by atoms with E-state index >= 15 is 0 Å². The first-order chi connectivity index (χ1) is 8.56. The number of H-pyrrole nitrogens is 1. The van der Waals surface area contributed by atoms with E-state index in [0.29, 0.717) is 6.29 Å². The lowest BCUT2D eigenvalue weighted by atomic mass is 10.1. The van der Waals surface area contributed by atoms with Crippen LogP contribution in [0.15, 0.2) is 17.2 Å². The molecule has 18 heavy (non-hydrogen) atoms. The number of nitrogens with zero attached hydrogens (tertiary/aromatic N) is 2. The molecule has 1 aromatic carbocycles. The van der Waals surface area contributed by atoms with Gasteiger partial charge in [0.1, 0.15) is 6.29 Å². The number of nitrogens with one attached hydrogen (secondary N) is 1. The Morgan fingerprint density at radius 1 is 1.56 bits per heavy atom. The number of aldehydes is 1. The minimum atomic E-state index is -0.824. The molecule has 1 heterocycles. The van der Waals surface area contributed by atoms with Gasteiger partial charge in [0.25, 0.3) is 5.56 Å². The molecule has 0 aliphatic heterocycles. The molecule has 0 aliphatic rings. The van der Waals surface area contributed by atoms with Gasteiger partial charge >= 0.3 is 5.69 Å². The summed E-state index contributed by atoms with van der Waals surface area (Å²) in [6, 6.07) is 0.935. The third kappa shape index (κ3) is 1.69. The first-order valence-corrected chi connectivity index (χ1v) is 4.86. The number of aromatic nitrogens is 2. The van der Waals surface area contributed by atoms with E-state index in [0.717, 1.165) is 12.4 Å². The number of fused-ring (bicyclic) bond motifs is 1. The molecule has 2 N–H and O–H groups in total. The van der Waals surface area contributed by atoms with E-state index in [2.05, 4.69) is 9.97 Å². The molecule has 0 unspecified atom stereocenters. The van der Waals surface area contributed by atoms with E-state index in [-0.39, 0.29) is 22.9 Å². The van der Waals surface area contributed by atoms with Gasteiger partial charge in [-0.3, -0.25) is 14.9 Å². The highest BCUT2D eigenvalue weighted by Gasteiger charge is 2.22. The van der Waals surface area contributed by atoms with E-state index < -0.39 is 21.9 Å². The Kier molecular flexibility index (Phi) is 2.76. The number of hydrogen-bond acceptors (Lipinski definition) is 6. The highest BCUT2D eigenvalue weighted by Crippen LogP contribution is 2.34. The van der Waals surface area contributed by atoms with Gasteiger partial charge in [-0.2, -0.15) is 0 Å². The van der Waals surface area contributed by atoms with Crippen LogP contribution < -0.4 is 5.56 Å². The number of carbonyl (C=O) groups is 1. The zero-order chi connectivity index (χ0) is 13.3. The standard InChI is InChI=1S/C10H7N3O5/c14-2-1-5-8-6(10(16)12-4-11-8)3-7(9(5)15)13(17)18/h2-4,15H,1H2,(H,11,12,16). The summed E-state index contributed by atoms with van der Waals surface area (Å²) >= 11 is 0. The fraction of sp³-hybridized carbons (Fsp3) is 0.100. The van der Waals surface area contributed by atoms with Crippen LogP contribution in [-0.2, 0) is 11.2 Å². The van der Waals surface area contributed by atoms with Crippen LogP contribution in [0.3, 0.4) is 0 Å². The van der Waals surface area contributed by atoms with Gasteiger partial charge in [0.2, 0.25) is 0 Å². The fourth-order valence-electron chi connectivity index (χ4n) is 1.67. The number of phenolic OH excluding ortho intramolecular Hbond substituents is 1. The summed E-state index contributed by atoms with van der Waals surface area (Å²) in [4.78, 5) is 38.1. The molecule has 0 saturated carbocycles. The third-order valence-corrected chi connectivity index (χ3v) is 2.47. The Bertz CT molecular complexity index is 706. The zero-order valence-corrected chi connectivity index (χ0v) is 8.91. The van der Waals surface area contributed by atoms with Crippen LogP contribution >= 0.6 is 0 Å². The molecule has 0 bridgehead atoms. The fourth-order valence-corrected chi connectivity index (χ4v) is 1.67. The summed E-state index contributed by atoms with van der Waals surface area (Å²) < 4.78 is 0. The van der Waals surface area contributed by atoms with Crippen molar-refractivity contribution in [3.63, 3.8) is 0 Å². The number of nitro benzene ring substituents is 1. The largest absolute Gasteiger partial charge is 0.502 e. The molecule has 0 radical (unpaired) electrons. The zero-order valence-electron chi connectivity index (χ0n) is 8.91. The molecule has 1 aromatic heterocycles. The van der Waals surface area contributed by atoms with Crippen LogP contribution in [0.2, 0.25) is 0 Å². The maximum Gasteiger partial charge on any atom is 0.311 e. The van der Waals surface area contributed by atoms with E-state index in [9.17, 15) is 24.8 Å². The molecule has 8 nitrogen and oxygen atoms in total. The number of benzene rings is 1. The minimum Gasteiger partial charge on any atom is -0.502 e. The molecule has 0 aliphatic carbocycles. The summed E-state index contributed by atoms with van der Waals surface area (Å²) in [6.07, 6.45) is 1.31. The van der Waals surface area contributed by atoms with Gasteiger partial charge in [-0.15, -0.1) is 0 Å². The van der Waals surface area contributed by atoms with Crippen LogP contribution in [0.25, 0.3) is 10.9 Å². The van der Waals surface area contributed by atoms with Crippen molar-refractivity contribution in [1.82, 2.24) is 9.97 Å². The van der Waals surface area contributed by atoms with E-state index in [1.165, 1.54) is 0 Å². The predicted molar refractivity (Wildman–Crippen MR) is 60.5 cm³/mol. The van der Waals surface area contributed by atoms with Crippen LogP contribution in [0.5, 0.6) is 5.75 Å². The molecule has 8 heteroatoms. The molecule has 0 amide bonds. The monoisotopic (exact) mass is 249 g/mol. The number of aromatic hydroxyl groups is 1. The van der Waals surface area contributed by atoms with Gasteiger partial charge in [0.15, 0.2) is 5.75 Å². The first kappa shape index (κ1) is 11.7. The second kappa shape index (κ2) is 4.24. The van der Waals surface area contributed by atoms with E-state index in [4.69, 9.17) is 0 Å². The van der Waals surface area contributed by atoms with Crippen molar-refractivity contribution in [3.05, 3.63) is 38.4 Å². The Hall–Kier alpha value is -2.77. The lowest BCUT2D eigenvalue weighted by Crippen LogP contribution is -2.09. The average molecular weight is 249 g/mol. The van der Waals surface area contributed by atoms with E-state index in [1.807, 2.05) is 0 Å². The summed E-state index contributed by atoms with van der Waals surface area (Å²) in [7, 11) is 0. The Morgan fingerprint density at radius 3 is 2.89 bits per heavy atom. The van der Waals surface area contributed by atoms with Gasteiger partial charge in [0, 0.05) is 18.1 Å². The predicted octanol–water partition coefficient (Wildman–Crippen LogP) is 0.278. The van der Waals surface area contributed by atoms with Crippen molar-refractivity contribution in [1.29, 1.82) is 0 Å². The Labute approximate surface area is 99.1 Å². The number of phenols is 1. The SMILES string of the molecule is O=CCc1c(O)c([N+](=O)[O-])cc2c(=O)[nH]cnc12. The van der Waals surface area contributed by atoms with Gasteiger partial charge in [-0.05, 0) is 0 Å². The van der Waals surface area contributed by atoms with Gasteiger partial charge < -0.3 is 14.9 Å². The third-order valence-electron chi connectivity index (χ3n) is 2.47. The summed E-state index contributed by atoms with van der Waals surface area (Å²) in [6.45, 7) is 0. The second-order valence-corrected chi connectivity index (χ2v) is 3.48. The number of rotatable bonds is 3. The van der Waals surface area contributed by atoms with Crippen LogP contribution in [0.4, 0.5) is 5.69 Å². The lowest BCUT2D eigenvalue weighted by molar-refractivity contribution is -0.385. The molecule has 2 rings (SSSR count). The summed E-state index contributed by atoms with van der Waals surface area (Å²) in [5.41, 5.74) is -1.15. The lowest BCUT2D eigenvalue weighted by Gasteiger charge is -2.05. The van der Waals surface area contributed by atoms with Gasteiger partial charge in [-0.1, -0.05) is 0 Å². The second-order valence-electron chi connectivity index (χ2n) is 3.48. The van der Waals surface area contributed by atoms with Crippen LogP contribution in [0, 0.1) is 10.1 Å². The number of nitro groups is 1. The van der Waals surface area contributed by atoms with Crippen molar-refractivity contribution in [2.45, 2.75) is 6.42 Å². The van der Waals surface area contributed by atoms with Crippen LogP contribution in [0.1, 0.15) is 5.56 Å². The molecule has 0 fully saturated rings. The molecule has 2 aromatic rings. The van der Waals surface area contributed by atoms with Crippen molar-refractivity contribution in [2.24, 2.45) is 0 Å². The Balaban J connectivity index is 2.96. The molecule has 0 spiro atoms. The number of carbonyl (C=O) groups excluding carboxylic acids is 1. The number of aromatic amines is 1. The molecule has 0 saturated heterocycles. The first-order valence-electron chi connectivity index (χ1n) is 4.86. The van der Waals surface area contributed by atoms with Crippen molar-refractivity contribution in [2.75, 3.05) is 0 Å². The van der Waals surface area contributed by atoms with Crippen molar-refractivity contribution >= 4 is 22.9 Å². The van der Waals surface area contributed by atoms with Crippen molar-refractivity contribution in [3.8, 4) is 5.75 Å². The smallest absolute Gasteiger partial charge is 0.311 e. The maximum absolute atomic E-state index is 11.5. The quantitative estimate of drug-likeness (QED) is 0.457. The van der Waals surface area contributed by atoms with Gasteiger partial charge in [-0.25, -0.2) is 4.98 Å². The molecule has 0 atom stereocenters. The van der Waals surface area contributed by atoms with E-state index in [1.54, 1.807) is 0 Å². The average Bonchev–Trinajstić information content (AvgIpc) is 2.32. The topological polar surface area (TPSA) is 126 Å². The molecular weight excluding hydrogens is 242 g/mol. The summed E-state index contributed by atoms with van der Waals surface area (Å²) in [5.74, 6) is -0.641. The highest BCUT2D eigenvalue weighted by atomic mass is 16.6. The van der Waals surface area contributed by atoms with Crippen LogP contribution in [-0.4, -0.2) is 26.3 Å². The summed E-state index contributed by atoms with van der Waals surface area (Å²) in [5, 5.41) is 20.4.